The predicted octanol–water partition coefficient (Wildman–Crippen LogP) is 2.75. The van der Waals surface area contributed by atoms with Gasteiger partial charge in [0.05, 0.1) is 23.0 Å². The van der Waals surface area contributed by atoms with E-state index < -0.39 is 24.2 Å². The van der Waals surface area contributed by atoms with Crippen molar-refractivity contribution in [3.05, 3.63) is 65.7 Å². The summed E-state index contributed by atoms with van der Waals surface area (Å²) < 4.78 is 5.30. The summed E-state index contributed by atoms with van der Waals surface area (Å²) in [6.07, 6.45) is -0.0809. The molecule has 0 unspecified atom stereocenters. The Hall–Kier alpha value is -4.14. The zero-order valence-corrected chi connectivity index (χ0v) is 16.1. The maximum atomic E-state index is 10.9. The van der Waals surface area contributed by atoms with Crippen LogP contribution in [-0.4, -0.2) is 29.1 Å². The molecule has 0 saturated carbocycles. The van der Waals surface area contributed by atoms with Crippen LogP contribution in [0.15, 0.2) is 65.3 Å². The highest BCUT2D eigenvalue weighted by Crippen LogP contribution is 2.29. The number of nitriles is 2. The standard InChI is InChI=1S/C22H19N5O3/c1-14(22(28)29)30-18-9-7-15(8-10-18)11-16(12-23)20-19(13-24)21(25)27(26-20)17-5-3-2-4-6-17/h2-11,14,19,21H,25H2,1H3,(H,28,29)/b16-11-/t14-,19-,21+/m0/s1. The Kier molecular flexibility index (Phi) is 6.11. The van der Waals surface area contributed by atoms with Gasteiger partial charge in [-0.2, -0.15) is 15.6 Å². The zero-order valence-electron chi connectivity index (χ0n) is 16.1. The van der Waals surface area contributed by atoms with E-state index in [2.05, 4.69) is 17.2 Å². The molecule has 0 spiro atoms. The molecule has 1 aliphatic rings. The molecule has 3 rings (SSSR count). The quantitative estimate of drug-likeness (QED) is 0.710. The van der Waals surface area contributed by atoms with Gasteiger partial charge in [-0.15, -0.1) is 0 Å². The van der Waals surface area contributed by atoms with Crippen LogP contribution in [0.25, 0.3) is 6.08 Å². The van der Waals surface area contributed by atoms with Crippen LogP contribution in [0.1, 0.15) is 12.5 Å². The van der Waals surface area contributed by atoms with Crippen LogP contribution >= 0.6 is 0 Å². The number of anilines is 1. The summed E-state index contributed by atoms with van der Waals surface area (Å²) in [7, 11) is 0. The van der Waals surface area contributed by atoms with Crippen molar-refractivity contribution in [1.82, 2.24) is 0 Å². The number of benzene rings is 2. The monoisotopic (exact) mass is 401 g/mol. The summed E-state index contributed by atoms with van der Waals surface area (Å²) in [5, 5.41) is 34.2. The number of para-hydroxylation sites is 1. The van der Waals surface area contributed by atoms with Crippen LogP contribution in [-0.2, 0) is 4.79 Å². The number of carboxylic acid groups (broad SMARTS) is 1. The lowest BCUT2D eigenvalue weighted by Crippen LogP contribution is -2.40. The number of nitrogens with two attached hydrogens (primary N) is 1. The number of hydrazone groups is 1. The molecule has 8 heteroatoms. The second kappa shape index (κ2) is 8.91. The smallest absolute Gasteiger partial charge is 0.344 e. The molecule has 3 atom stereocenters. The van der Waals surface area contributed by atoms with Crippen molar-refractivity contribution in [3.63, 3.8) is 0 Å². The van der Waals surface area contributed by atoms with Gasteiger partial charge in [0.1, 0.15) is 23.9 Å². The van der Waals surface area contributed by atoms with Gasteiger partial charge < -0.3 is 15.6 Å². The Bertz CT molecular complexity index is 1060. The first kappa shape index (κ1) is 20.6. The summed E-state index contributed by atoms with van der Waals surface area (Å²) in [4.78, 5) is 10.9. The first-order valence-electron chi connectivity index (χ1n) is 9.14. The first-order chi connectivity index (χ1) is 14.4. The third kappa shape index (κ3) is 4.30. The summed E-state index contributed by atoms with van der Waals surface area (Å²) in [5.41, 5.74) is 8.15. The van der Waals surface area contributed by atoms with E-state index in [-0.39, 0.29) is 5.57 Å². The predicted molar refractivity (Wildman–Crippen MR) is 111 cm³/mol. The maximum absolute atomic E-state index is 10.9. The van der Waals surface area contributed by atoms with Crippen molar-refractivity contribution in [2.75, 3.05) is 5.01 Å². The van der Waals surface area contributed by atoms with Gasteiger partial charge in [0.25, 0.3) is 0 Å². The molecule has 0 radical (unpaired) electrons. The molecule has 2 aromatic rings. The zero-order chi connectivity index (χ0) is 21.7. The fourth-order valence-electron chi connectivity index (χ4n) is 2.94. The van der Waals surface area contributed by atoms with Gasteiger partial charge in [-0.1, -0.05) is 30.3 Å². The van der Waals surface area contributed by atoms with Crippen molar-refractivity contribution in [3.8, 4) is 17.9 Å². The van der Waals surface area contributed by atoms with Crippen molar-refractivity contribution in [1.29, 1.82) is 10.5 Å². The number of hydrogen-bond acceptors (Lipinski definition) is 7. The van der Waals surface area contributed by atoms with Crippen molar-refractivity contribution in [2.24, 2.45) is 16.8 Å². The first-order valence-corrected chi connectivity index (χ1v) is 9.14. The topological polar surface area (TPSA) is 136 Å². The van der Waals surface area contributed by atoms with E-state index in [0.29, 0.717) is 17.0 Å². The largest absolute Gasteiger partial charge is 0.479 e. The van der Waals surface area contributed by atoms with Gasteiger partial charge in [0.2, 0.25) is 0 Å². The lowest BCUT2D eigenvalue weighted by atomic mass is 9.95. The highest BCUT2D eigenvalue weighted by atomic mass is 16.5. The number of ether oxygens (including phenoxy) is 1. The Morgan fingerprint density at radius 3 is 2.47 bits per heavy atom. The number of allylic oxidation sites excluding steroid dienone is 1. The van der Waals surface area contributed by atoms with E-state index >= 15 is 0 Å². The fraction of sp³-hybridized carbons (Fsp3) is 0.182. The number of rotatable bonds is 6. The molecule has 0 aromatic heterocycles. The molecule has 1 aliphatic heterocycles. The molecule has 0 bridgehead atoms. The average molecular weight is 401 g/mol. The lowest BCUT2D eigenvalue weighted by molar-refractivity contribution is -0.144. The molecule has 8 nitrogen and oxygen atoms in total. The van der Waals surface area contributed by atoms with Crippen LogP contribution in [0.3, 0.4) is 0 Å². The van der Waals surface area contributed by atoms with E-state index in [1.165, 1.54) is 6.92 Å². The number of hydrogen-bond donors (Lipinski definition) is 2. The lowest BCUT2D eigenvalue weighted by Gasteiger charge is -2.21. The molecule has 0 amide bonds. The van der Waals surface area contributed by atoms with Crippen LogP contribution in [0, 0.1) is 28.6 Å². The normalized spacial score (nSPS) is 19.4. The van der Waals surface area contributed by atoms with Gasteiger partial charge >= 0.3 is 5.97 Å². The molecule has 0 aliphatic carbocycles. The van der Waals surface area contributed by atoms with Crippen molar-refractivity contribution < 1.29 is 14.6 Å². The minimum Gasteiger partial charge on any atom is -0.479 e. The van der Waals surface area contributed by atoms with Crippen molar-refractivity contribution >= 4 is 23.4 Å². The number of aliphatic carboxylic acids is 1. The summed E-state index contributed by atoms with van der Waals surface area (Å²) in [5.74, 6) is -1.44. The van der Waals surface area contributed by atoms with Crippen molar-refractivity contribution in [2.45, 2.75) is 19.2 Å². The summed E-state index contributed by atoms with van der Waals surface area (Å²) in [6, 6.07) is 20.0. The Morgan fingerprint density at radius 1 is 1.23 bits per heavy atom. The van der Waals surface area contributed by atoms with E-state index in [4.69, 9.17) is 15.6 Å². The second-order valence-electron chi connectivity index (χ2n) is 6.60. The number of carboxylic acids is 1. The number of nitrogens with zero attached hydrogens (tertiary/aromatic N) is 4. The van der Waals surface area contributed by atoms with Crippen LogP contribution in [0.5, 0.6) is 5.75 Å². The van der Waals surface area contributed by atoms with E-state index in [1.807, 2.05) is 30.3 Å². The molecular weight excluding hydrogens is 382 g/mol. The van der Waals surface area contributed by atoms with E-state index in [1.54, 1.807) is 35.4 Å². The van der Waals surface area contributed by atoms with Crippen LogP contribution < -0.4 is 15.5 Å². The molecular formula is C22H19N5O3. The van der Waals surface area contributed by atoms with Gasteiger partial charge in [-0.3, -0.25) is 0 Å². The van der Waals surface area contributed by atoms with E-state index in [9.17, 15) is 15.3 Å². The number of carbonyl (C=O) groups is 1. The summed E-state index contributed by atoms with van der Waals surface area (Å²) in [6.45, 7) is 1.44. The maximum Gasteiger partial charge on any atom is 0.344 e. The highest BCUT2D eigenvalue weighted by Gasteiger charge is 2.37. The molecule has 30 heavy (non-hydrogen) atoms. The third-order valence-electron chi connectivity index (χ3n) is 4.54. The molecule has 150 valence electrons. The molecule has 2 aromatic carbocycles. The summed E-state index contributed by atoms with van der Waals surface area (Å²) >= 11 is 0. The fourth-order valence-corrected chi connectivity index (χ4v) is 2.94. The molecule has 3 N–H and O–H groups in total. The minimum absolute atomic E-state index is 0.225. The van der Waals surface area contributed by atoms with Gasteiger partial charge in [-0.05, 0) is 42.8 Å². The molecule has 1 heterocycles. The molecule has 0 saturated heterocycles. The molecule has 0 fully saturated rings. The van der Waals surface area contributed by atoms with Gasteiger partial charge in [-0.25, -0.2) is 9.80 Å². The minimum atomic E-state index is -1.06. The Labute approximate surface area is 173 Å². The Morgan fingerprint density at radius 2 is 1.90 bits per heavy atom. The second-order valence-corrected chi connectivity index (χ2v) is 6.60. The Balaban J connectivity index is 1.89. The van der Waals surface area contributed by atoms with Gasteiger partial charge in [0.15, 0.2) is 6.10 Å². The van der Waals surface area contributed by atoms with Gasteiger partial charge in [0, 0.05) is 0 Å². The van der Waals surface area contributed by atoms with E-state index in [0.717, 1.165) is 5.69 Å². The SMILES string of the molecule is C[C@H](Oc1ccc(/C=C(/C#N)C2=NN(c3ccccc3)[C@@H](N)[C@H]2C#N)cc1)C(=O)O. The average Bonchev–Trinajstić information content (AvgIpc) is 3.09. The van der Waals surface area contributed by atoms with Crippen LogP contribution in [0.4, 0.5) is 5.69 Å². The highest BCUT2D eigenvalue weighted by molar-refractivity contribution is 6.11. The van der Waals surface area contributed by atoms with Crippen LogP contribution in [0.2, 0.25) is 0 Å². The third-order valence-corrected chi connectivity index (χ3v) is 4.54.